The first kappa shape index (κ1) is 12.8. The van der Waals surface area contributed by atoms with E-state index in [9.17, 15) is 4.39 Å². The highest BCUT2D eigenvalue weighted by Crippen LogP contribution is 2.28. The summed E-state index contributed by atoms with van der Waals surface area (Å²) in [6, 6.07) is 11.7. The number of hydrogen-bond donors (Lipinski definition) is 1. The van der Waals surface area contributed by atoms with Gasteiger partial charge in [0.2, 0.25) is 0 Å². The highest BCUT2D eigenvalue weighted by atomic mass is 35.5. The zero-order chi connectivity index (χ0) is 14.1. The van der Waals surface area contributed by atoms with Crippen molar-refractivity contribution in [3.05, 3.63) is 64.4 Å². The lowest BCUT2D eigenvalue weighted by molar-refractivity contribution is 0.625. The SMILES string of the molecule is NC1=Nc2ccc(Cl)cc2C(c2ccccc2F)=NC1. The van der Waals surface area contributed by atoms with Gasteiger partial charge in [-0.2, -0.15) is 0 Å². The Morgan fingerprint density at radius 3 is 2.70 bits per heavy atom. The summed E-state index contributed by atoms with van der Waals surface area (Å²) < 4.78 is 14.0. The second-order valence-electron chi connectivity index (χ2n) is 4.41. The van der Waals surface area contributed by atoms with Gasteiger partial charge in [-0.3, -0.25) is 4.99 Å². The fourth-order valence-corrected chi connectivity index (χ4v) is 2.29. The van der Waals surface area contributed by atoms with Crippen LogP contribution in [0.5, 0.6) is 0 Å². The Hall–Kier alpha value is -2.20. The van der Waals surface area contributed by atoms with Crippen LogP contribution in [0.25, 0.3) is 0 Å². The molecule has 0 aliphatic carbocycles. The minimum atomic E-state index is -0.336. The molecular formula is C15H11ClFN3. The molecule has 3 rings (SSSR count). The number of benzene rings is 2. The third kappa shape index (κ3) is 2.30. The predicted molar refractivity (Wildman–Crippen MR) is 79.6 cm³/mol. The topological polar surface area (TPSA) is 50.7 Å². The largest absolute Gasteiger partial charge is 0.386 e. The van der Waals surface area contributed by atoms with E-state index in [1.165, 1.54) is 6.07 Å². The maximum Gasteiger partial charge on any atom is 0.132 e. The Morgan fingerprint density at radius 2 is 1.90 bits per heavy atom. The van der Waals surface area contributed by atoms with Crippen LogP contribution in [0, 0.1) is 5.82 Å². The van der Waals surface area contributed by atoms with Crippen LogP contribution < -0.4 is 5.73 Å². The summed E-state index contributed by atoms with van der Waals surface area (Å²) in [5, 5.41) is 0.545. The van der Waals surface area contributed by atoms with Crippen LogP contribution in [0.2, 0.25) is 5.02 Å². The van der Waals surface area contributed by atoms with Crippen molar-refractivity contribution in [3.63, 3.8) is 0 Å². The van der Waals surface area contributed by atoms with Crippen molar-refractivity contribution in [1.82, 2.24) is 0 Å². The van der Waals surface area contributed by atoms with Crippen molar-refractivity contribution in [2.75, 3.05) is 6.54 Å². The minimum absolute atomic E-state index is 0.232. The number of hydrogen-bond acceptors (Lipinski definition) is 3. The van der Waals surface area contributed by atoms with Gasteiger partial charge < -0.3 is 5.73 Å². The molecule has 2 N–H and O–H groups in total. The molecular weight excluding hydrogens is 277 g/mol. The Balaban J connectivity index is 2.24. The Kier molecular flexibility index (Phi) is 3.24. The van der Waals surface area contributed by atoms with E-state index >= 15 is 0 Å². The van der Waals surface area contributed by atoms with Gasteiger partial charge in [0.05, 0.1) is 17.9 Å². The van der Waals surface area contributed by atoms with Crippen LogP contribution in [0.15, 0.2) is 52.4 Å². The van der Waals surface area contributed by atoms with Crippen molar-refractivity contribution in [2.24, 2.45) is 15.7 Å². The molecule has 1 heterocycles. The first-order valence-electron chi connectivity index (χ1n) is 6.07. The lowest BCUT2D eigenvalue weighted by Crippen LogP contribution is -2.15. The molecule has 0 amide bonds. The minimum Gasteiger partial charge on any atom is -0.386 e. The summed E-state index contributed by atoms with van der Waals surface area (Å²) in [5.74, 6) is 0.0533. The first-order valence-corrected chi connectivity index (χ1v) is 6.45. The van der Waals surface area contributed by atoms with E-state index in [2.05, 4.69) is 9.98 Å². The van der Waals surface area contributed by atoms with Crippen molar-refractivity contribution >= 4 is 28.8 Å². The second-order valence-corrected chi connectivity index (χ2v) is 4.85. The predicted octanol–water partition coefficient (Wildman–Crippen LogP) is 3.32. The maximum atomic E-state index is 14.0. The van der Waals surface area contributed by atoms with E-state index < -0.39 is 0 Å². The zero-order valence-electron chi connectivity index (χ0n) is 10.5. The molecule has 1 aliphatic heterocycles. The van der Waals surface area contributed by atoms with E-state index in [1.807, 2.05) is 0 Å². The standard InChI is InChI=1S/C15H11ClFN3/c16-9-5-6-13-11(7-9)15(19-8-14(18)20-13)10-3-1-2-4-12(10)17/h1-7H,8H2,(H2,18,20). The zero-order valence-corrected chi connectivity index (χ0v) is 11.2. The average molecular weight is 288 g/mol. The number of nitrogens with two attached hydrogens (primary N) is 1. The van der Waals surface area contributed by atoms with Crippen LogP contribution in [0.1, 0.15) is 11.1 Å². The molecule has 20 heavy (non-hydrogen) atoms. The number of nitrogens with zero attached hydrogens (tertiary/aromatic N) is 2. The fourth-order valence-electron chi connectivity index (χ4n) is 2.11. The molecule has 5 heteroatoms. The van der Waals surface area contributed by atoms with Gasteiger partial charge >= 0.3 is 0 Å². The highest BCUT2D eigenvalue weighted by Gasteiger charge is 2.18. The second kappa shape index (κ2) is 5.06. The van der Waals surface area contributed by atoms with Crippen LogP contribution in [-0.4, -0.2) is 18.1 Å². The summed E-state index contributed by atoms with van der Waals surface area (Å²) in [6.07, 6.45) is 0. The summed E-state index contributed by atoms with van der Waals surface area (Å²) in [6.45, 7) is 0.232. The van der Waals surface area contributed by atoms with Gasteiger partial charge in [0, 0.05) is 16.1 Å². The molecule has 2 aromatic carbocycles. The van der Waals surface area contributed by atoms with E-state index in [0.29, 0.717) is 33.4 Å². The number of amidine groups is 1. The number of aliphatic imine (C=N–C) groups is 2. The summed E-state index contributed by atoms with van der Waals surface area (Å²) in [5.41, 5.74) is 8.05. The van der Waals surface area contributed by atoms with Gasteiger partial charge in [-0.25, -0.2) is 9.38 Å². The number of fused-ring (bicyclic) bond motifs is 1. The van der Waals surface area contributed by atoms with E-state index in [4.69, 9.17) is 17.3 Å². The smallest absolute Gasteiger partial charge is 0.132 e. The molecule has 0 radical (unpaired) electrons. The van der Waals surface area contributed by atoms with Gasteiger partial charge in [0.15, 0.2) is 0 Å². The fraction of sp³-hybridized carbons (Fsp3) is 0.0667. The molecule has 100 valence electrons. The molecule has 2 aromatic rings. The monoisotopic (exact) mass is 287 g/mol. The molecule has 1 aliphatic rings. The third-order valence-electron chi connectivity index (χ3n) is 3.01. The highest BCUT2D eigenvalue weighted by molar-refractivity contribution is 6.31. The lowest BCUT2D eigenvalue weighted by atomic mass is 10.0. The summed E-state index contributed by atoms with van der Waals surface area (Å²) in [4.78, 5) is 8.66. The van der Waals surface area contributed by atoms with Crippen molar-refractivity contribution in [2.45, 2.75) is 0 Å². The molecule has 0 spiro atoms. The molecule has 0 atom stereocenters. The first-order chi connectivity index (χ1) is 9.65. The maximum absolute atomic E-state index is 14.0. The van der Waals surface area contributed by atoms with Gasteiger partial charge in [0.25, 0.3) is 0 Å². The van der Waals surface area contributed by atoms with E-state index in [-0.39, 0.29) is 12.4 Å². The molecule has 0 saturated heterocycles. The van der Waals surface area contributed by atoms with Gasteiger partial charge in [-0.1, -0.05) is 23.7 Å². The van der Waals surface area contributed by atoms with Gasteiger partial charge in [-0.05, 0) is 30.3 Å². The Labute approximate surface area is 120 Å². The third-order valence-corrected chi connectivity index (χ3v) is 3.24. The van der Waals surface area contributed by atoms with Crippen LogP contribution >= 0.6 is 11.6 Å². The van der Waals surface area contributed by atoms with Crippen LogP contribution in [0.4, 0.5) is 10.1 Å². The molecule has 0 aromatic heterocycles. The van der Waals surface area contributed by atoms with Crippen LogP contribution in [-0.2, 0) is 0 Å². The normalized spacial score (nSPS) is 14.1. The van der Waals surface area contributed by atoms with Crippen molar-refractivity contribution < 1.29 is 4.39 Å². The Morgan fingerprint density at radius 1 is 1.10 bits per heavy atom. The summed E-state index contributed by atoms with van der Waals surface area (Å²) >= 11 is 6.03. The quantitative estimate of drug-likeness (QED) is 0.859. The van der Waals surface area contributed by atoms with Gasteiger partial charge in [0.1, 0.15) is 11.7 Å². The molecule has 0 bridgehead atoms. The average Bonchev–Trinajstić information content (AvgIpc) is 2.58. The van der Waals surface area contributed by atoms with Crippen molar-refractivity contribution in [3.8, 4) is 0 Å². The van der Waals surface area contributed by atoms with Gasteiger partial charge in [-0.15, -0.1) is 0 Å². The van der Waals surface area contributed by atoms with Crippen LogP contribution in [0.3, 0.4) is 0 Å². The summed E-state index contributed by atoms with van der Waals surface area (Å²) in [7, 11) is 0. The molecule has 0 saturated carbocycles. The van der Waals surface area contributed by atoms with Crippen molar-refractivity contribution in [1.29, 1.82) is 0 Å². The number of rotatable bonds is 1. The van der Waals surface area contributed by atoms with E-state index in [0.717, 1.165) is 0 Å². The lowest BCUT2D eigenvalue weighted by Gasteiger charge is -2.09. The molecule has 0 unspecified atom stereocenters. The van der Waals surface area contributed by atoms with E-state index in [1.54, 1.807) is 36.4 Å². The molecule has 0 fully saturated rings. The number of halogens is 2. The molecule has 3 nitrogen and oxygen atoms in total. The Bertz CT molecular complexity index is 738.